The van der Waals surface area contributed by atoms with E-state index in [1.54, 1.807) is 36.3 Å². The molecule has 0 spiro atoms. The van der Waals surface area contributed by atoms with Gasteiger partial charge in [-0.3, -0.25) is 4.79 Å². The van der Waals surface area contributed by atoms with E-state index in [2.05, 4.69) is 0 Å². The van der Waals surface area contributed by atoms with E-state index in [4.69, 9.17) is 7.48 Å². The summed E-state index contributed by atoms with van der Waals surface area (Å²) in [5.41, 5.74) is 0.654. The molecule has 0 bridgehead atoms. The van der Waals surface area contributed by atoms with Gasteiger partial charge in [0.2, 0.25) is 5.91 Å². The van der Waals surface area contributed by atoms with Crippen molar-refractivity contribution in [1.29, 1.82) is 0 Å². The SMILES string of the molecule is [2H]C(C(=O)N(CC)CC)C([2H])c1ccc(OC)cc1. The molecular weight excluding hydrogens is 214 g/mol. The van der Waals surface area contributed by atoms with Gasteiger partial charge in [-0.05, 0) is 37.9 Å². The Labute approximate surface area is 106 Å². The molecule has 1 aromatic carbocycles. The van der Waals surface area contributed by atoms with Gasteiger partial charge in [-0.15, -0.1) is 0 Å². The quantitative estimate of drug-likeness (QED) is 0.760. The monoisotopic (exact) mass is 237 g/mol. The van der Waals surface area contributed by atoms with E-state index in [0.717, 1.165) is 0 Å². The second kappa shape index (κ2) is 6.94. The Hall–Kier alpha value is -1.51. The van der Waals surface area contributed by atoms with Gasteiger partial charge in [0.25, 0.3) is 0 Å². The number of carbonyl (C=O) groups is 1. The fourth-order valence-corrected chi connectivity index (χ4v) is 1.52. The molecule has 0 saturated carbocycles. The fourth-order valence-electron chi connectivity index (χ4n) is 1.52. The third kappa shape index (κ3) is 4.10. The first-order chi connectivity index (χ1) is 9.04. The van der Waals surface area contributed by atoms with Crippen LogP contribution in [0.4, 0.5) is 0 Å². The first-order valence-corrected chi connectivity index (χ1v) is 5.82. The molecule has 0 heterocycles. The van der Waals surface area contributed by atoms with Crippen LogP contribution < -0.4 is 4.74 Å². The summed E-state index contributed by atoms with van der Waals surface area (Å²) in [5, 5.41) is 0. The number of rotatable bonds is 6. The lowest BCUT2D eigenvalue weighted by molar-refractivity contribution is -0.130. The van der Waals surface area contributed by atoms with Gasteiger partial charge >= 0.3 is 0 Å². The normalized spacial score (nSPS) is 15.5. The number of ether oxygens (including phenoxy) is 1. The van der Waals surface area contributed by atoms with E-state index >= 15 is 0 Å². The molecule has 2 unspecified atom stereocenters. The van der Waals surface area contributed by atoms with Gasteiger partial charge in [0.05, 0.1) is 7.11 Å². The number of hydrogen-bond acceptors (Lipinski definition) is 2. The summed E-state index contributed by atoms with van der Waals surface area (Å²) in [6.45, 7) is 4.89. The highest BCUT2D eigenvalue weighted by molar-refractivity contribution is 5.76. The highest BCUT2D eigenvalue weighted by atomic mass is 16.5. The van der Waals surface area contributed by atoms with E-state index in [-0.39, 0.29) is 5.91 Å². The van der Waals surface area contributed by atoms with Crippen LogP contribution in [-0.2, 0) is 11.2 Å². The minimum atomic E-state index is -1.09. The van der Waals surface area contributed by atoms with E-state index in [0.29, 0.717) is 24.4 Å². The average Bonchev–Trinajstić information content (AvgIpc) is 2.47. The zero-order chi connectivity index (χ0) is 14.4. The standard InChI is InChI=1S/C14H21NO2/c1-4-15(5-2)14(16)11-8-12-6-9-13(17-3)10-7-12/h6-7,9-10H,4-5,8,11H2,1-3H3/i8D,11D. The minimum Gasteiger partial charge on any atom is -0.497 e. The maximum Gasteiger partial charge on any atom is 0.222 e. The van der Waals surface area contributed by atoms with Gasteiger partial charge in [-0.2, -0.15) is 0 Å². The molecule has 0 aliphatic rings. The second-order valence-corrected chi connectivity index (χ2v) is 3.62. The van der Waals surface area contributed by atoms with Crippen LogP contribution >= 0.6 is 0 Å². The summed E-state index contributed by atoms with van der Waals surface area (Å²) in [5.74, 6) is 0.411. The molecule has 1 aromatic rings. The van der Waals surface area contributed by atoms with Crippen molar-refractivity contribution in [2.45, 2.75) is 26.6 Å². The second-order valence-electron chi connectivity index (χ2n) is 3.62. The van der Waals surface area contributed by atoms with Crippen LogP contribution in [0.2, 0.25) is 0 Å². The van der Waals surface area contributed by atoms with Crippen molar-refractivity contribution < 1.29 is 12.3 Å². The molecule has 0 fully saturated rings. The molecule has 94 valence electrons. The Morgan fingerprint density at radius 2 is 1.88 bits per heavy atom. The van der Waals surface area contributed by atoms with Gasteiger partial charge in [0.15, 0.2) is 0 Å². The molecule has 0 radical (unpaired) electrons. The molecule has 0 N–H and O–H groups in total. The van der Waals surface area contributed by atoms with Gasteiger partial charge in [0, 0.05) is 22.2 Å². The Kier molecular flexibility index (Phi) is 4.34. The minimum absolute atomic E-state index is 0.291. The van der Waals surface area contributed by atoms with Crippen molar-refractivity contribution in [3.05, 3.63) is 29.8 Å². The molecular formula is C14H21NO2. The molecule has 1 amide bonds. The molecule has 3 heteroatoms. The van der Waals surface area contributed by atoms with Gasteiger partial charge in [0.1, 0.15) is 5.75 Å². The van der Waals surface area contributed by atoms with Crippen LogP contribution in [0, 0.1) is 0 Å². The third-order valence-corrected chi connectivity index (χ3v) is 2.61. The summed E-state index contributed by atoms with van der Waals surface area (Å²) >= 11 is 0. The third-order valence-electron chi connectivity index (χ3n) is 2.61. The number of hydrogen-bond donors (Lipinski definition) is 0. The fraction of sp³-hybridized carbons (Fsp3) is 0.500. The van der Waals surface area contributed by atoms with Crippen LogP contribution in [0.3, 0.4) is 0 Å². The van der Waals surface area contributed by atoms with Crippen LogP contribution in [0.25, 0.3) is 0 Å². The van der Waals surface area contributed by atoms with Gasteiger partial charge < -0.3 is 9.64 Å². The molecule has 0 aromatic heterocycles. The Morgan fingerprint density at radius 3 is 2.35 bits per heavy atom. The number of methoxy groups -OCH3 is 1. The lowest BCUT2D eigenvalue weighted by Gasteiger charge is -2.18. The maximum atomic E-state index is 12.0. The first kappa shape index (κ1) is 10.6. The van der Waals surface area contributed by atoms with Crippen molar-refractivity contribution >= 4 is 5.91 Å². The van der Waals surface area contributed by atoms with Gasteiger partial charge in [-0.1, -0.05) is 12.1 Å². The van der Waals surface area contributed by atoms with Gasteiger partial charge in [-0.25, -0.2) is 0 Å². The maximum absolute atomic E-state index is 12.0. The number of benzene rings is 1. The van der Waals surface area contributed by atoms with Crippen LogP contribution in [0.1, 0.15) is 28.5 Å². The Morgan fingerprint density at radius 1 is 1.29 bits per heavy atom. The van der Waals surface area contributed by atoms with E-state index in [1.165, 1.54) is 0 Å². The van der Waals surface area contributed by atoms with E-state index in [9.17, 15) is 4.79 Å². The largest absolute Gasteiger partial charge is 0.497 e. The van der Waals surface area contributed by atoms with Crippen LogP contribution in [0.15, 0.2) is 24.3 Å². The highest BCUT2D eigenvalue weighted by Gasteiger charge is 2.08. The zero-order valence-corrected chi connectivity index (χ0v) is 10.6. The van der Waals surface area contributed by atoms with Crippen molar-refractivity contribution in [2.24, 2.45) is 0 Å². The molecule has 2 atom stereocenters. The molecule has 0 saturated heterocycles. The molecule has 17 heavy (non-hydrogen) atoms. The predicted molar refractivity (Wildman–Crippen MR) is 69.2 cm³/mol. The van der Waals surface area contributed by atoms with Crippen molar-refractivity contribution in [3.8, 4) is 5.75 Å². The summed E-state index contributed by atoms with van der Waals surface area (Å²) in [7, 11) is 1.57. The number of aryl methyl sites for hydroxylation is 1. The first-order valence-electron chi connectivity index (χ1n) is 6.97. The lowest BCUT2D eigenvalue weighted by Crippen LogP contribution is -2.30. The van der Waals surface area contributed by atoms with Crippen molar-refractivity contribution in [3.63, 3.8) is 0 Å². The predicted octanol–water partition coefficient (Wildman–Crippen LogP) is 2.50. The molecule has 0 aliphatic carbocycles. The summed E-state index contributed by atoms with van der Waals surface area (Å²) in [4.78, 5) is 13.6. The Balaban J connectivity index is 2.80. The van der Waals surface area contributed by atoms with E-state index < -0.39 is 12.8 Å². The topological polar surface area (TPSA) is 29.5 Å². The van der Waals surface area contributed by atoms with E-state index in [1.807, 2.05) is 13.8 Å². The smallest absolute Gasteiger partial charge is 0.222 e. The van der Waals surface area contributed by atoms with Crippen molar-refractivity contribution in [1.82, 2.24) is 4.90 Å². The number of nitrogens with zero attached hydrogens (tertiary/aromatic N) is 1. The average molecular weight is 237 g/mol. The molecule has 1 rings (SSSR count). The summed E-state index contributed by atoms with van der Waals surface area (Å²) in [6.07, 6.45) is -1.97. The molecule has 3 nitrogen and oxygen atoms in total. The van der Waals surface area contributed by atoms with Crippen LogP contribution in [-0.4, -0.2) is 31.0 Å². The number of carbonyl (C=O) groups excluding carboxylic acids is 1. The summed E-state index contributed by atoms with van der Waals surface area (Å²) < 4.78 is 21.0. The number of amides is 1. The lowest BCUT2D eigenvalue weighted by atomic mass is 10.1. The van der Waals surface area contributed by atoms with Crippen LogP contribution in [0.5, 0.6) is 5.75 Å². The highest BCUT2D eigenvalue weighted by Crippen LogP contribution is 2.13. The Bertz CT molecular complexity index is 404. The summed E-state index contributed by atoms with van der Waals surface area (Å²) in [6, 6.07) is 6.94. The molecule has 0 aliphatic heterocycles. The zero-order valence-electron chi connectivity index (χ0n) is 12.6. The van der Waals surface area contributed by atoms with Crippen molar-refractivity contribution in [2.75, 3.05) is 20.2 Å².